The lowest BCUT2D eigenvalue weighted by Crippen LogP contribution is -2.27. The van der Waals surface area contributed by atoms with E-state index in [1.54, 1.807) is 24.7 Å². The predicted molar refractivity (Wildman–Crippen MR) is 69.5 cm³/mol. The highest BCUT2D eigenvalue weighted by Gasteiger charge is 2.10. The van der Waals surface area contributed by atoms with Crippen molar-refractivity contribution in [3.8, 4) is 0 Å². The van der Waals surface area contributed by atoms with Gasteiger partial charge in [-0.15, -0.1) is 0 Å². The molecule has 0 spiro atoms. The van der Waals surface area contributed by atoms with E-state index in [4.69, 9.17) is 4.42 Å². The van der Waals surface area contributed by atoms with Crippen molar-refractivity contribution in [1.29, 1.82) is 0 Å². The Hall–Kier alpha value is -1.59. The zero-order chi connectivity index (χ0) is 12.8. The van der Waals surface area contributed by atoms with Crippen molar-refractivity contribution in [3.63, 3.8) is 0 Å². The van der Waals surface area contributed by atoms with E-state index in [1.165, 1.54) is 0 Å². The molecule has 0 aliphatic rings. The molecule has 1 heterocycles. The summed E-state index contributed by atoms with van der Waals surface area (Å²) in [6.07, 6.45) is 3.82. The van der Waals surface area contributed by atoms with Crippen molar-refractivity contribution >= 4 is 10.0 Å². The Labute approximate surface area is 107 Å². The summed E-state index contributed by atoms with van der Waals surface area (Å²) >= 11 is 0. The maximum atomic E-state index is 11.8. The van der Waals surface area contributed by atoms with Crippen LogP contribution in [0.15, 0.2) is 53.3 Å². The van der Waals surface area contributed by atoms with Crippen molar-refractivity contribution in [2.75, 3.05) is 6.54 Å². The minimum atomic E-state index is -3.27. The molecule has 96 valence electrons. The van der Waals surface area contributed by atoms with E-state index in [0.29, 0.717) is 13.0 Å². The van der Waals surface area contributed by atoms with Gasteiger partial charge in [-0.1, -0.05) is 30.3 Å². The summed E-state index contributed by atoms with van der Waals surface area (Å²) in [7, 11) is -3.27. The number of benzene rings is 1. The lowest BCUT2D eigenvalue weighted by Gasteiger charge is -2.05. The molecule has 2 aromatic rings. The Morgan fingerprint density at radius 3 is 2.50 bits per heavy atom. The van der Waals surface area contributed by atoms with Crippen LogP contribution in [-0.4, -0.2) is 15.0 Å². The van der Waals surface area contributed by atoms with E-state index in [9.17, 15) is 8.42 Å². The average molecular weight is 265 g/mol. The van der Waals surface area contributed by atoms with Crippen molar-refractivity contribution in [2.45, 2.75) is 12.2 Å². The first-order valence-corrected chi connectivity index (χ1v) is 7.33. The number of furan rings is 1. The second-order valence-corrected chi connectivity index (χ2v) is 5.83. The molecule has 0 aliphatic heterocycles. The fourth-order valence-electron chi connectivity index (χ4n) is 1.63. The van der Waals surface area contributed by atoms with Gasteiger partial charge >= 0.3 is 0 Å². The SMILES string of the molecule is O=S(=O)(Cc1ccccc1)NCCc1ccoc1. The van der Waals surface area contributed by atoms with Crippen LogP contribution < -0.4 is 4.72 Å². The second kappa shape index (κ2) is 5.84. The van der Waals surface area contributed by atoms with Gasteiger partial charge in [0.1, 0.15) is 0 Å². The third-order valence-electron chi connectivity index (χ3n) is 2.52. The van der Waals surface area contributed by atoms with Crippen molar-refractivity contribution < 1.29 is 12.8 Å². The molecule has 4 nitrogen and oxygen atoms in total. The molecule has 0 fully saturated rings. The second-order valence-electron chi connectivity index (χ2n) is 4.02. The number of sulfonamides is 1. The molecule has 1 aromatic heterocycles. The largest absolute Gasteiger partial charge is 0.472 e. The van der Waals surface area contributed by atoms with Gasteiger partial charge in [-0.2, -0.15) is 0 Å². The summed E-state index contributed by atoms with van der Waals surface area (Å²) in [5, 5.41) is 0. The van der Waals surface area contributed by atoms with Crippen LogP contribution in [0.5, 0.6) is 0 Å². The van der Waals surface area contributed by atoms with Crippen LogP contribution in [0.2, 0.25) is 0 Å². The molecule has 1 N–H and O–H groups in total. The molecule has 0 unspecified atom stereocenters. The minimum Gasteiger partial charge on any atom is -0.472 e. The van der Waals surface area contributed by atoms with Gasteiger partial charge in [0.05, 0.1) is 18.3 Å². The zero-order valence-electron chi connectivity index (χ0n) is 9.87. The summed E-state index contributed by atoms with van der Waals surface area (Å²) in [4.78, 5) is 0. The van der Waals surface area contributed by atoms with Gasteiger partial charge in [-0.05, 0) is 23.6 Å². The van der Waals surface area contributed by atoms with Crippen molar-refractivity contribution in [1.82, 2.24) is 4.72 Å². The fraction of sp³-hybridized carbons (Fsp3) is 0.231. The summed E-state index contributed by atoms with van der Waals surface area (Å²) < 4.78 is 31.1. The zero-order valence-corrected chi connectivity index (χ0v) is 10.7. The quantitative estimate of drug-likeness (QED) is 0.868. The van der Waals surface area contributed by atoms with Crippen LogP contribution in [0.3, 0.4) is 0 Å². The molecule has 0 radical (unpaired) electrons. The van der Waals surface area contributed by atoms with Gasteiger partial charge < -0.3 is 4.42 Å². The smallest absolute Gasteiger partial charge is 0.215 e. The topological polar surface area (TPSA) is 59.3 Å². The highest BCUT2D eigenvalue weighted by atomic mass is 32.2. The Morgan fingerprint density at radius 2 is 1.83 bits per heavy atom. The van der Waals surface area contributed by atoms with Gasteiger partial charge in [0.15, 0.2) is 0 Å². The van der Waals surface area contributed by atoms with Crippen molar-refractivity contribution in [2.24, 2.45) is 0 Å². The summed E-state index contributed by atoms with van der Waals surface area (Å²) in [5.74, 6) is 0.0131. The molecule has 0 saturated heterocycles. The predicted octanol–water partition coefficient (Wildman–Crippen LogP) is 1.94. The van der Waals surface area contributed by atoms with Gasteiger partial charge in [0.2, 0.25) is 10.0 Å². The Balaban J connectivity index is 1.84. The van der Waals surface area contributed by atoms with E-state index in [1.807, 2.05) is 24.3 Å². The van der Waals surface area contributed by atoms with E-state index >= 15 is 0 Å². The molecule has 0 bridgehead atoms. The van der Waals surface area contributed by atoms with E-state index in [0.717, 1.165) is 11.1 Å². The molecule has 5 heteroatoms. The molecule has 0 aliphatic carbocycles. The minimum absolute atomic E-state index is 0.0131. The van der Waals surface area contributed by atoms with Crippen LogP contribution in [0.4, 0.5) is 0 Å². The summed E-state index contributed by atoms with van der Waals surface area (Å²) in [6.45, 7) is 0.384. The molecule has 2 rings (SSSR count). The number of hydrogen-bond donors (Lipinski definition) is 1. The normalized spacial score (nSPS) is 11.6. The molecule has 1 aromatic carbocycles. The molecule has 0 amide bonds. The van der Waals surface area contributed by atoms with Gasteiger partial charge in [-0.25, -0.2) is 13.1 Å². The standard InChI is InChI=1S/C13H15NO3S/c15-18(16,11-13-4-2-1-3-5-13)14-8-6-12-7-9-17-10-12/h1-5,7,9-10,14H,6,8,11H2. The highest BCUT2D eigenvalue weighted by Crippen LogP contribution is 2.04. The molecule has 18 heavy (non-hydrogen) atoms. The number of hydrogen-bond acceptors (Lipinski definition) is 3. The van der Waals surface area contributed by atoms with Gasteiger partial charge in [0, 0.05) is 6.54 Å². The molecule has 0 saturated carbocycles. The fourth-order valence-corrected chi connectivity index (χ4v) is 2.78. The maximum Gasteiger partial charge on any atom is 0.215 e. The Morgan fingerprint density at radius 1 is 1.06 bits per heavy atom. The van der Waals surface area contributed by atoms with Crippen LogP contribution in [0.1, 0.15) is 11.1 Å². The monoisotopic (exact) mass is 265 g/mol. The summed E-state index contributed by atoms with van der Waals surface area (Å²) in [6, 6.07) is 10.9. The molecular weight excluding hydrogens is 250 g/mol. The Bertz CT molecular complexity index is 562. The Kier molecular flexibility index (Phi) is 4.17. The van der Waals surface area contributed by atoms with E-state index in [-0.39, 0.29) is 5.75 Å². The van der Waals surface area contributed by atoms with Crippen LogP contribution >= 0.6 is 0 Å². The van der Waals surface area contributed by atoms with Crippen LogP contribution in [-0.2, 0) is 22.2 Å². The van der Waals surface area contributed by atoms with E-state index in [2.05, 4.69) is 4.72 Å². The lowest BCUT2D eigenvalue weighted by molar-refractivity contribution is 0.562. The number of nitrogens with one attached hydrogen (secondary N) is 1. The van der Waals surface area contributed by atoms with Crippen LogP contribution in [0.25, 0.3) is 0 Å². The highest BCUT2D eigenvalue weighted by molar-refractivity contribution is 7.88. The third kappa shape index (κ3) is 4.01. The van der Waals surface area contributed by atoms with E-state index < -0.39 is 10.0 Å². The summed E-state index contributed by atoms with van der Waals surface area (Å²) in [5.41, 5.74) is 1.77. The average Bonchev–Trinajstić information content (AvgIpc) is 2.82. The molecular formula is C13H15NO3S. The maximum absolute atomic E-state index is 11.8. The molecule has 0 atom stereocenters. The lowest BCUT2D eigenvalue weighted by atomic mass is 10.2. The first kappa shape index (κ1) is 12.9. The van der Waals surface area contributed by atoms with Gasteiger partial charge in [0.25, 0.3) is 0 Å². The first-order chi connectivity index (χ1) is 8.66. The van der Waals surface area contributed by atoms with Crippen molar-refractivity contribution in [3.05, 3.63) is 60.1 Å². The van der Waals surface area contributed by atoms with Gasteiger partial charge in [-0.3, -0.25) is 0 Å². The number of rotatable bonds is 6. The third-order valence-corrected chi connectivity index (χ3v) is 3.87. The first-order valence-electron chi connectivity index (χ1n) is 5.68. The van der Waals surface area contributed by atoms with Crippen LogP contribution in [0, 0.1) is 0 Å².